The van der Waals surface area contributed by atoms with E-state index in [4.69, 9.17) is 15.2 Å². The maximum atomic E-state index is 6.12. The first-order valence-corrected chi connectivity index (χ1v) is 6.89. The molecule has 0 radical (unpaired) electrons. The van der Waals surface area contributed by atoms with Gasteiger partial charge in [-0.2, -0.15) is 0 Å². The van der Waals surface area contributed by atoms with Gasteiger partial charge in [-0.1, -0.05) is 12.8 Å². The minimum absolute atomic E-state index is 0.0563. The monoisotopic (exact) mass is 242 g/mol. The highest BCUT2D eigenvalue weighted by atomic mass is 16.5. The molecule has 1 saturated carbocycles. The minimum atomic E-state index is 0.0563. The molecule has 1 saturated heterocycles. The smallest absolute Gasteiger partial charge is 0.0767 e. The average molecular weight is 242 g/mol. The van der Waals surface area contributed by atoms with E-state index in [-0.39, 0.29) is 5.54 Å². The van der Waals surface area contributed by atoms with Crippen LogP contribution in [0.25, 0.3) is 0 Å². The van der Waals surface area contributed by atoms with Crippen molar-refractivity contribution in [2.75, 3.05) is 40.0 Å². The second kappa shape index (κ2) is 6.14. The third-order valence-corrected chi connectivity index (χ3v) is 4.42. The molecule has 17 heavy (non-hydrogen) atoms. The Morgan fingerprint density at radius 1 is 1.29 bits per heavy atom. The predicted molar refractivity (Wildman–Crippen MR) is 68.1 cm³/mol. The van der Waals surface area contributed by atoms with Gasteiger partial charge >= 0.3 is 0 Å². The Hall–Kier alpha value is -0.160. The van der Waals surface area contributed by atoms with Crippen molar-refractivity contribution in [2.24, 2.45) is 5.73 Å². The molecule has 0 spiro atoms. The molecule has 0 amide bonds. The van der Waals surface area contributed by atoms with Crippen LogP contribution in [0.3, 0.4) is 0 Å². The lowest BCUT2D eigenvalue weighted by Crippen LogP contribution is -2.63. The predicted octanol–water partition coefficient (Wildman–Crippen LogP) is 0.995. The molecule has 2 atom stereocenters. The maximum Gasteiger partial charge on any atom is 0.0767 e. The summed E-state index contributed by atoms with van der Waals surface area (Å²) >= 11 is 0. The van der Waals surface area contributed by atoms with Gasteiger partial charge in [0.25, 0.3) is 0 Å². The molecule has 2 aliphatic rings. The van der Waals surface area contributed by atoms with Gasteiger partial charge in [-0.15, -0.1) is 0 Å². The van der Waals surface area contributed by atoms with Crippen LogP contribution in [0.5, 0.6) is 0 Å². The van der Waals surface area contributed by atoms with Crippen molar-refractivity contribution < 1.29 is 9.47 Å². The summed E-state index contributed by atoms with van der Waals surface area (Å²) in [6, 6.07) is 0. The molecule has 2 rings (SSSR count). The number of ether oxygens (including phenoxy) is 2. The Morgan fingerprint density at radius 3 is 2.94 bits per heavy atom. The molecule has 2 N–H and O–H groups in total. The van der Waals surface area contributed by atoms with E-state index in [1.807, 2.05) is 7.11 Å². The van der Waals surface area contributed by atoms with E-state index in [1.54, 1.807) is 0 Å². The largest absolute Gasteiger partial charge is 0.380 e. The molecular weight excluding hydrogens is 216 g/mol. The normalized spacial score (nSPS) is 36.7. The topological polar surface area (TPSA) is 47.7 Å². The molecule has 4 nitrogen and oxygen atoms in total. The lowest BCUT2D eigenvalue weighted by molar-refractivity contribution is -0.0753. The molecule has 0 aromatic heterocycles. The molecule has 2 unspecified atom stereocenters. The molecule has 0 bridgehead atoms. The Balaban J connectivity index is 2.14. The van der Waals surface area contributed by atoms with Crippen molar-refractivity contribution in [3.8, 4) is 0 Å². The van der Waals surface area contributed by atoms with Crippen molar-refractivity contribution in [1.29, 1.82) is 0 Å². The molecule has 1 heterocycles. The van der Waals surface area contributed by atoms with E-state index in [0.717, 1.165) is 39.1 Å². The van der Waals surface area contributed by atoms with Gasteiger partial charge in [0.05, 0.1) is 18.2 Å². The van der Waals surface area contributed by atoms with Crippen LogP contribution in [0.2, 0.25) is 0 Å². The zero-order valence-corrected chi connectivity index (χ0v) is 11.0. The van der Waals surface area contributed by atoms with Crippen molar-refractivity contribution in [2.45, 2.75) is 43.7 Å². The van der Waals surface area contributed by atoms with E-state index in [9.17, 15) is 0 Å². The first-order chi connectivity index (χ1) is 8.33. The fourth-order valence-corrected chi connectivity index (χ4v) is 3.44. The van der Waals surface area contributed by atoms with E-state index in [2.05, 4.69) is 4.90 Å². The second-order valence-corrected chi connectivity index (χ2v) is 5.23. The highest BCUT2D eigenvalue weighted by Crippen LogP contribution is 2.35. The van der Waals surface area contributed by atoms with Crippen LogP contribution < -0.4 is 5.73 Å². The number of hydrogen-bond donors (Lipinski definition) is 1. The van der Waals surface area contributed by atoms with Gasteiger partial charge in [0, 0.05) is 33.4 Å². The molecule has 4 heteroatoms. The Morgan fingerprint density at radius 2 is 2.18 bits per heavy atom. The highest BCUT2D eigenvalue weighted by Gasteiger charge is 2.44. The molecule has 100 valence electrons. The van der Waals surface area contributed by atoms with Crippen LogP contribution in [0.4, 0.5) is 0 Å². The quantitative estimate of drug-likeness (QED) is 0.802. The first-order valence-electron chi connectivity index (χ1n) is 6.89. The lowest BCUT2D eigenvalue weighted by atomic mass is 9.77. The van der Waals surface area contributed by atoms with Gasteiger partial charge in [0.2, 0.25) is 0 Å². The lowest BCUT2D eigenvalue weighted by Gasteiger charge is -2.50. The number of methoxy groups -OCH3 is 1. The van der Waals surface area contributed by atoms with Crippen LogP contribution in [-0.4, -0.2) is 56.5 Å². The van der Waals surface area contributed by atoms with Gasteiger partial charge in [-0.05, 0) is 19.3 Å². The Labute approximate surface area is 104 Å². The standard InChI is InChI=1S/C13H26N2O2/c1-16-12-5-2-3-6-13(12,11-14)15-7-4-9-17-10-8-15/h12H,2-11,14H2,1H3. The third kappa shape index (κ3) is 2.65. The zero-order chi connectivity index (χ0) is 12.1. The second-order valence-electron chi connectivity index (χ2n) is 5.23. The van der Waals surface area contributed by atoms with Gasteiger partial charge in [0.1, 0.15) is 0 Å². The Kier molecular flexibility index (Phi) is 4.79. The van der Waals surface area contributed by atoms with Gasteiger partial charge in [0.15, 0.2) is 0 Å². The summed E-state index contributed by atoms with van der Waals surface area (Å²) in [5.74, 6) is 0. The summed E-state index contributed by atoms with van der Waals surface area (Å²) in [4.78, 5) is 2.54. The summed E-state index contributed by atoms with van der Waals surface area (Å²) in [5.41, 5.74) is 6.18. The molecule has 0 aromatic carbocycles. The van der Waals surface area contributed by atoms with E-state index >= 15 is 0 Å². The first kappa shape index (κ1) is 13.3. The zero-order valence-electron chi connectivity index (χ0n) is 11.0. The maximum absolute atomic E-state index is 6.12. The van der Waals surface area contributed by atoms with Crippen molar-refractivity contribution >= 4 is 0 Å². The van der Waals surface area contributed by atoms with Crippen molar-refractivity contribution in [3.05, 3.63) is 0 Å². The molecule has 1 aliphatic carbocycles. The summed E-state index contributed by atoms with van der Waals surface area (Å²) in [6.45, 7) is 4.51. The molecule has 1 aliphatic heterocycles. The van der Waals surface area contributed by atoms with Gasteiger partial charge in [-0.3, -0.25) is 4.90 Å². The van der Waals surface area contributed by atoms with E-state index in [0.29, 0.717) is 12.6 Å². The summed E-state index contributed by atoms with van der Waals surface area (Å²) in [5, 5.41) is 0. The fraction of sp³-hybridized carbons (Fsp3) is 1.00. The van der Waals surface area contributed by atoms with E-state index < -0.39 is 0 Å². The van der Waals surface area contributed by atoms with Crippen LogP contribution in [0.1, 0.15) is 32.1 Å². The van der Waals surface area contributed by atoms with Crippen LogP contribution in [0.15, 0.2) is 0 Å². The van der Waals surface area contributed by atoms with Crippen molar-refractivity contribution in [1.82, 2.24) is 4.90 Å². The Bertz CT molecular complexity index is 229. The van der Waals surface area contributed by atoms with Crippen LogP contribution in [0, 0.1) is 0 Å². The van der Waals surface area contributed by atoms with Crippen LogP contribution >= 0.6 is 0 Å². The highest BCUT2D eigenvalue weighted by molar-refractivity contribution is 5.01. The van der Waals surface area contributed by atoms with E-state index in [1.165, 1.54) is 19.3 Å². The molecule has 2 fully saturated rings. The molecular formula is C13H26N2O2. The summed E-state index contributed by atoms with van der Waals surface area (Å²) < 4.78 is 11.3. The number of nitrogens with zero attached hydrogens (tertiary/aromatic N) is 1. The summed E-state index contributed by atoms with van der Waals surface area (Å²) in [6.07, 6.45) is 6.25. The average Bonchev–Trinajstić information content (AvgIpc) is 2.67. The number of nitrogens with two attached hydrogens (primary N) is 1. The fourth-order valence-electron chi connectivity index (χ4n) is 3.44. The number of rotatable bonds is 3. The van der Waals surface area contributed by atoms with Crippen LogP contribution in [-0.2, 0) is 9.47 Å². The number of hydrogen-bond acceptors (Lipinski definition) is 4. The van der Waals surface area contributed by atoms with Crippen molar-refractivity contribution in [3.63, 3.8) is 0 Å². The van der Waals surface area contributed by atoms with Gasteiger partial charge in [-0.25, -0.2) is 0 Å². The molecule has 0 aromatic rings. The minimum Gasteiger partial charge on any atom is -0.380 e. The van der Waals surface area contributed by atoms with Gasteiger partial charge < -0.3 is 15.2 Å². The summed E-state index contributed by atoms with van der Waals surface area (Å²) in [7, 11) is 1.83. The SMILES string of the molecule is COC1CCCCC1(CN)N1CCCOCC1. The third-order valence-electron chi connectivity index (χ3n) is 4.42.